The standard InChI is InChI=1S/C49H32N4O/c1-49(26-24-28(25-27-49)47-50-41-18-6-7-19-42(41)54-47)48-52-45(39-22-20-37-31-12-4-2-10-29(31)33-14-8-16-35(39)43(33)37)51-46(53-48)40-23-21-38-32-13-5-3-11-30(32)34-15-9-17-36(40)44(34)38/h2-26,29,31H,27H2,1H3. The molecule has 5 nitrogen and oxygen atoms in total. The Bertz CT molecular complexity index is 2980. The second-order valence-corrected chi connectivity index (χ2v) is 15.1. The highest BCUT2D eigenvalue weighted by Gasteiger charge is 2.35. The molecule has 0 aliphatic heterocycles. The first kappa shape index (κ1) is 29.8. The third-order valence-electron chi connectivity index (χ3n) is 12.1. The van der Waals surface area contributed by atoms with Gasteiger partial charge in [0.2, 0.25) is 5.89 Å². The van der Waals surface area contributed by atoms with Crippen LogP contribution in [0.25, 0.3) is 83.2 Å². The molecule has 0 amide bonds. The average Bonchev–Trinajstić information content (AvgIpc) is 3.91. The molecule has 3 atom stereocenters. The van der Waals surface area contributed by atoms with Gasteiger partial charge in [-0.3, -0.25) is 0 Å². The first-order valence-electron chi connectivity index (χ1n) is 18.7. The van der Waals surface area contributed by atoms with Gasteiger partial charge in [-0.1, -0.05) is 134 Å². The summed E-state index contributed by atoms with van der Waals surface area (Å²) in [7, 11) is 0. The van der Waals surface area contributed by atoms with E-state index in [0.717, 1.165) is 39.0 Å². The smallest absolute Gasteiger partial charge is 0.226 e. The molecule has 0 N–H and O–H groups in total. The number of fused-ring (bicyclic) bond motifs is 7. The fourth-order valence-electron chi connectivity index (χ4n) is 9.34. The average molecular weight is 693 g/mol. The summed E-state index contributed by atoms with van der Waals surface area (Å²) < 4.78 is 6.14. The van der Waals surface area contributed by atoms with Gasteiger partial charge in [-0.05, 0) is 86.5 Å². The number of allylic oxidation sites excluding steroid dienone is 8. The second-order valence-electron chi connectivity index (χ2n) is 15.1. The first-order chi connectivity index (χ1) is 26.6. The van der Waals surface area contributed by atoms with Crippen LogP contribution in [0.1, 0.15) is 48.0 Å². The summed E-state index contributed by atoms with van der Waals surface area (Å²) in [4.78, 5) is 20.9. The lowest BCUT2D eigenvalue weighted by molar-refractivity contribution is 0.549. The quantitative estimate of drug-likeness (QED) is 0.184. The molecule has 0 radical (unpaired) electrons. The van der Waals surface area contributed by atoms with E-state index in [1.165, 1.54) is 49.5 Å². The number of oxazole rings is 1. The molecule has 54 heavy (non-hydrogen) atoms. The zero-order valence-electron chi connectivity index (χ0n) is 29.5. The lowest BCUT2D eigenvalue weighted by atomic mass is 9.81. The van der Waals surface area contributed by atoms with E-state index < -0.39 is 5.41 Å². The predicted molar refractivity (Wildman–Crippen MR) is 217 cm³/mol. The minimum absolute atomic E-state index is 0.347. The van der Waals surface area contributed by atoms with Crippen molar-refractivity contribution in [2.24, 2.45) is 0 Å². The largest absolute Gasteiger partial charge is 0.436 e. The van der Waals surface area contributed by atoms with Crippen LogP contribution in [0.2, 0.25) is 0 Å². The van der Waals surface area contributed by atoms with Crippen LogP contribution in [0.4, 0.5) is 0 Å². The molecule has 4 aliphatic carbocycles. The molecular weight excluding hydrogens is 661 g/mol. The Kier molecular flexibility index (Phi) is 6.02. The van der Waals surface area contributed by atoms with E-state index >= 15 is 0 Å². The van der Waals surface area contributed by atoms with Gasteiger partial charge in [0, 0.05) is 34.0 Å². The molecular formula is C49H32N4O. The van der Waals surface area contributed by atoms with Gasteiger partial charge < -0.3 is 4.42 Å². The van der Waals surface area contributed by atoms with Crippen molar-refractivity contribution in [1.29, 1.82) is 0 Å². The van der Waals surface area contributed by atoms with Crippen molar-refractivity contribution in [2.75, 3.05) is 0 Å². The monoisotopic (exact) mass is 692 g/mol. The normalized spacial score (nSPS) is 20.2. The molecule has 0 fully saturated rings. The lowest BCUT2D eigenvalue weighted by Gasteiger charge is -2.27. The van der Waals surface area contributed by atoms with Crippen molar-refractivity contribution in [2.45, 2.75) is 30.6 Å². The highest BCUT2D eigenvalue weighted by Crippen LogP contribution is 2.52. The van der Waals surface area contributed by atoms with E-state index in [1.54, 1.807) is 0 Å². The van der Waals surface area contributed by atoms with E-state index in [9.17, 15) is 0 Å². The van der Waals surface area contributed by atoms with Crippen LogP contribution >= 0.6 is 0 Å². The molecule has 5 heteroatoms. The van der Waals surface area contributed by atoms with Crippen LogP contribution in [0.3, 0.4) is 0 Å². The summed E-state index contributed by atoms with van der Waals surface area (Å²) in [6, 6.07) is 38.9. The summed E-state index contributed by atoms with van der Waals surface area (Å²) in [6.45, 7) is 2.21. The topological polar surface area (TPSA) is 64.7 Å². The van der Waals surface area contributed by atoms with Crippen LogP contribution in [-0.2, 0) is 5.41 Å². The maximum absolute atomic E-state index is 6.14. The van der Waals surface area contributed by atoms with E-state index in [1.807, 2.05) is 24.3 Å². The molecule has 3 unspecified atom stereocenters. The van der Waals surface area contributed by atoms with Crippen LogP contribution in [0.15, 0.2) is 156 Å². The molecule has 2 heterocycles. The van der Waals surface area contributed by atoms with Gasteiger partial charge in [-0.25, -0.2) is 19.9 Å². The van der Waals surface area contributed by atoms with Crippen molar-refractivity contribution in [3.05, 3.63) is 175 Å². The number of nitrogens with zero attached hydrogens (tertiary/aromatic N) is 4. The molecule has 12 rings (SSSR count). The SMILES string of the molecule is CC1(c2nc(-c3ccc4c5c(cccc35)-c3ccccc3-4)nc(-c3ccc4c5c(cccc35)C3C=CC=CC43)n2)C=CC(c2nc3ccccc3o2)=CC1. The van der Waals surface area contributed by atoms with Crippen LogP contribution in [0.5, 0.6) is 0 Å². The van der Waals surface area contributed by atoms with Gasteiger partial charge in [0.05, 0.1) is 0 Å². The summed E-state index contributed by atoms with van der Waals surface area (Å²) in [5.41, 5.74) is 11.9. The molecule has 0 saturated heterocycles. The van der Waals surface area contributed by atoms with Crippen molar-refractivity contribution < 1.29 is 4.42 Å². The molecule has 254 valence electrons. The van der Waals surface area contributed by atoms with Crippen molar-refractivity contribution in [3.8, 4) is 45.0 Å². The van der Waals surface area contributed by atoms with Gasteiger partial charge in [0.15, 0.2) is 17.2 Å². The minimum atomic E-state index is -0.494. The van der Waals surface area contributed by atoms with E-state index in [0.29, 0.717) is 35.8 Å². The third-order valence-corrected chi connectivity index (χ3v) is 12.1. The Hall–Kier alpha value is -6.72. The number of hydrogen-bond acceptors (Lipinski definition) is 5. The summed E-state index contributed by atoms with van der Waals surface area (Å²) in [6.07, 6.45) is 16.2. The number of hydrogen-bond donors (Lipinski definition) is 0. The van der Waals surface area contributed by atoms with Gasteiger partial charge >= 0.3 is 0 Å². The van der Waals surface area contributed by atoms with Gasteiger partial charge in [0.1, 0.15) is 11.3 Å². The maximum atomic E-state index is 6.14. The zero-order chi connectivity index (χ0) is 35.5. The van der Waals surface area contributed by atoms with Crippen molar-refractivity contribution in [3.63, 3.8) is 0 Å². The molecule has 0 bridgehead atoms. The third kappa shape index (κ3) is 4.15. The maximum Gasteiger partial charge on any atom is 0.226 e. The molecule has 0 saturated carbocycles. The van der Waals surface area contributed by atoms with Crippen molar-refractivity contribution in [1.82, 2.24) is 19.9 Å². The second kappa shape index (κ2) is 10.9. The summed E-state index contributed by atoms with van der Waals surface area (Å²) >= 11 is 0. The molecule has 4 aliphatic rings. The van der Waals surface area contributed by atoms with Gasteiger partial charge in [-0.15, -0.1) is 0 Å². The number of benzene rings is 6. The molecule has 0 spiro atoms. The Morgan fingerprint density at radius 1 is 0.574 bits per heavy atom. The number of rotatable bonds is 4. The van der Waals surface area contributed by atoms with Crippen LogP contribution in [0, 0.1) is 0 Å². The Morgan fingerprint density at radius 2 is 1.20 bits per heavy atom. The minimum Gasteiger partial charge on any atom is -0.436 e. The Labute approximate surface area is 311 Å². The first-order valence-corrected chi connectivity index (χ1v) is 18.7. The molecule has 2 aromatic heterocycles. The lowest BCUT2D eigenvalue weighted by Crippen LogP contribution is -2.24. The Morgan fingerprint density at radius 3 is 1.94 bits per heavy atom. The fraction of sp³-hybridized carbons (Fsp3) is 0.102. The summed E-state index contributed by atoms with van der Waals surface area (Å²) in [5, 5.41) is 4.91. The fourth-order valence-corrected chi connectivity index (χ4v) is 9.34. The number of aromatic nitrogens is 4. The highest BCUT2D eigenvalue weighted by atomic mass is 16.3. The summed E-state index contributed by atoms with van der Waals surface area (Å²) in [5.74, 6) is 3.43. The van der Waals surface area contributed by atoms with Crippen LogP contribution in [-0.4, -0.2) is 19.9 Å². The van der Waals surface area contributed by atoms with E-state index in [4.69, 9.17) is 24.4 Å². The van der Waals surface area contributed by atoms with E-state index in [-0.39, 0.29) is 0 Å². The predicted octanol–water partition coefficient (Wildman–Crippen LogP) is 11.9. The Balaban J connectivity index is 1.05. The zero-order valence-corrected chi connectivity index (χ0v) is 29.5. The van der Waals surface area contributed by atoms with Gasteiger partial charge in [-0.2, -0.15) is 0 Å². The number of para-hydroxylation sites is 2. The highest BCUT2D eigenvalue weighted by molar-refractivity contribution is 6.18. The van der Waals surface area contributed by atoms with Crippen molar-refractivity contribution >= 4 is 38.2 Å². The van der Waals surface area contributed by atoms with E-state index in [2.05, 4.69) is 134 Å². The van der Waals surface area contributed by atoms with Crippen LogP contribution < -0.4 is 0 Å². The van der Waals surface area contributed by atoms with Gasteiger partial charge in [0.25, 0.3) is 0 Å². The molecule has 6 aromatic carbocycles. The molecule has 8 aromatic rings.